The third kappa shape index (κ3) is 4.96. The first kappa shape index (κ1) is 27.3. The Bertz CT molecular complexity index is 1680. The number of rotatable bonds is 7. The highest BCUT2D eigenvalue weighted by atomic mass is 35.5. The molecule has 8 rings (SSSR count). The SMILES string of the molecule is Oc1cc(-c2c(Cl)cc3c(N4CC5CCC(C4)N5)nc(OCCCN4C5CCC4COC5)nc3c2F)c2ccccc2c1. The molecular formula is C33H35ClFN5O3. The van der Waals surface area contributed by atoms with Crippen LogP contribution in [-0.2, 0) is 4.74 Å². The van der Waals surface area contributed by atoms with Gasteiger partial charge in [-0.3, -0.25) is 4.90 Å². The molecule has 2 N–H and O–H groups in total. The molecular weight excluding hydrogens is 569 g/mol. The summed E-state index contributed by atoms with van der Waals surface area (Å²) in [6.07, 6.45) is 5.43. The Morgan fingerprint density at radius 3 is 2.56 bits per heavy atom. The van der Waals surface area contributed by atoms with Gasteiger partial charge in [0.2, 0.25) is 0 Å². The fourth-order valence-electron chi connectivity index (χ4n) is 7.67. The van der Waals surface area contributed by atoms with Crippen LogP contribution >= 0.6 is 11.6 Å². The number of benzene rings is 3. The number of nitrogens with zero attached hydrogens (tertiary/aromatic N) is 4. The minimum atomic E-state index is -0.547. The van der Waals surface area contributed by atoms with Gasteiger partial charge in [-0.2, -0.15) is 9.97 Å². The van der Waals surface area contributed by atoms with E-state index in [9.17, 15) is 5.11 Å². The van der Waals surface area contributed by atoms with E-state index in [2.05, 4.69) is 20.1 Å². The van der Waals surface area contributed by atoms with Gasteiger partial charge in [0.05, 0.1) is 24.8 Å². The molecule has 4 aliphatic rings. The summed E-state index contributed by atoms with van der Waals surface area (Å²) in [5, 5.41) is 16.6. The fraction of sp³-hybridized carbons (Fsp3) is 0.455. The number of anilines is 1. The van der Waals surface area contributed by atoms with Crippen molar-refractivity contribution in [2.24, 2.45) is 0 Å². The number of hydrogen-bond acceptors (Lipinski definition) is 8. The lowest BCUT2D eigenvalue weighted by Gasteiger charge is -2.34. The number of morpholine rings is 1. The first-order chi connectivity index (χ1) is 21.0. The minimum absolute atomic E-state index is 0.0432. The van der Waals surface area contributed by atoms with Gasteiger partial charge in [0.1, 0.15) is 17.1 Å². The number of fused-ring (bicyclic) bond motifs is 6. The van der Waals surface area contributed by atoms with Crippen molar-refractivity contribution < 1.29 is 19.0 Å². The Morgan fingerprint density at radius 1 is 1.00 bits per heavy atom. The molecule has 0 spiro atoms. The summed E-state index contributed by atoms with van der Waals surface area (Å²) in [6, 6.07) is 14.5. The predicted molar refractivity (Wildman–Crippen MR) is 166 cm³/mol. The Balaban J connectivity index is 1.17. The van der Waals surface area contributed by atoms with Gasteiger partial charge in [0.25, 0.3) is 0 Å². The maximum Gasteiger partial charge on any atom is 0.319 e. The van der Waals surface area contributed by atoms with Crippen LogP contribution in [-0.4, -0.2) is 83.6 Å². The molecule has 4 bridgehead atoms. The minimum Gasteiger partial charge on any atom is -0.508 e. The average Bonchev–Trinajstić information content (AvgIpc) is 3.45. The number of aromatic nitrogens is 2. The Hall–Kier alpha value is -3.24. The summed E-state index contributed by atoms with van der Waals surface area (Å²) in [4.78, 5) is 14.3. The van der Waals surface area contributed by atoms with Crippen molar-refractivity contribution in [2.75, 3.05) is 44.4 Å². The number of ether oxygens (including phenoxy) is 2. The van der Waals surface area contributed by atoms with Gasteiger partial charge in [-0.15, -0.1) is 0 Å². The van der Waals surface area contributed by atoms with Crippen LogP contribution in [0.5, 0.6) is 11.8 Å². The van der Waals surface area contributed by atoms with Crippen LogP contribution in [0.15, 0.2) is 42.5 Å². The molecule has 5 heterocycles. The topological polar surface area (TPSA) is 83.0 Å². The molecule has 4 atom stereocenters. The third-order valence-electron chi connectivity index (χ3n) is 9.66. The second kappa shape index (κ2) is 11.0. The molecule has 4 aromatic rings. The highest BCUT2D eigenvalue weighted by molar-refractivity contribution is 6.35. The van der Waals surface area contributed by atoms with Crippen molar-refractivity contribution in [3.05, 3.63) is 53.3 Å². The van der Waals surface area contributed by atoms with Crippen LogP contribution in [0.25, 0.3) is 32.8 Å². The number of halogens is 2. The van der Waals surface area contributed by atoms with Gasteiger partial charge in [-0.05, 0) is 66.6 Å². The molecule has 10 heteroatoms. The Morgan fingerprint density at radius 2 is 1.77 bits per heavy atom. The van der Waals surface area contributed by atoms with E-state index in [4.69, 9.17) is 26.1 Å². The standard InChI is InChI=1S/C33H35ClFN5O3/c34-28-14-27-31(30(35)29(28)26-13-24(41)12-19-4-1-2-5-25(19)26)37-33(38-32(27)39-15-20-6-7-21(16-39)36-20)43-11-3-10-40-22-8-9-23(40)18-42-17-22/h1-2,4-5,12-14,20-23,36,41H,3,6-11,15-18H2. The molecule has 4 unspecified atom stereocenters. The van der Waals surface area contributed by atoms with Crippen LogP contribution in [0.3, 0.4) is 0 Å². The summed E-state index contributed by atoms with van der Waals surface area (Å²) in [7, 11) is 0. The summed E-state index contributed by atoms with van der Waals surface area (Å²) in [5.74, 6) is 0.147. The van der Waals surface area contributed by atoms with E-state index in [1.54, 1.807) is 18.2 Å². The molecule has 4 saturated heterocycles. The number of phenols is 1. The molecule has 4 fully saturated rings. The monoisotopic (exact) mass is 603 g/mol. The van der Waals surface area contributed by atoms with E-state index >= 15 is 4.39 Å². The van der Waals surface area contributed by atoms with Gasteiger partial charge in [0.15, 0.2) is 5.82 Å². The summed E-state index contributed by atoms with van der Waals surface area (Å²) >= 11 is 6.87. The van der Waals surface area contributed by atoms with Gasteiger partial charge < -0.3 is 24.8 Å². The zero-order valence-electron chi connectivity index (χ0n) is 23.9. The maximum atomic E-state index is 16.7. The van der Waals surface area contributed by atoms with Gasteiger partial charge in [-0.1, -0.05) is 35.9 Å². The fourth-order valence-corrected chi connectivity index (χ4v) is 7.97. The van der Waals surface area contributed by atoms with Crippen molar-refractivity contribution in [3.63, 3.8) is 0 Å². The van der Waals surface area contributed by atoms with Crippen LogP contribution in [0, 0.1) is 5.82 Å². The number of phenolic OH excluding ortho intramolecular Hbond substituents is 1. The molecule has 224 valence electrons. The summed E-state index contributed by atoms with van der Waals surface area (Å²) < 4.78 is 28.6. The number of nitrogens with one attached hydrogen (secondary N) is 1. The summed E-state index contributed by atoms with van der Waals surface area (Å²) in [5.41, 5.74) is 0.895. The van der Waals surface area contributed by atoms with Crippen molar-refractivity contribution in [2.45, 2.75) is 56.3 Å². The lowest BCUT2D eigenvalue weighted by molar-refractivity contribution is -0.0161. The molecule has 8 nitrogen and oxygen atoms in total. The zero-order valence-corrected chi connectivity index (χ0v) is 24.7. The van der Waals surface area contributed by atoms with Crippen LogP contribution in [0.4, 0.5) is 10.2 Å². The van der Waals surface area contributed by atoms with E-state index in [0.717, 1.165) is 62.9 Å². The lowest BCUT2D eigenvalue weighted by Crippen LogP contribution is -2.51. The van der Waals surface area contributed by atoms with Crippen LogP contribution < -0.4 is 15.0 Å². The van der Waals surface area contributed by atoms with Crippen molar-refractivity contribution in [3.8, 4) is 22.9 Å². The number of piperazine rings is 1. The third-order valence-corrected chi connectivity index (χ3v) is 9.96. The molecule has 0 amide bonds. The number of aromatic hydroxyl groups is 1. The zero-order chi connectivity index (χ0) is 29.1. The van der Waals surface area contributed by atoms with E-state index in [1.165, 1.54) is 12.8 Å². The lowest BCUT2D eigenvalue weighted by atomic mass is 9.96. The molecule has 43 heavy (non-hydrogen) atoms. The quantitative estimate of drug-likeness (QED) is 0.267. The largest absolute Gasteiger partial charge is 0.508 e. The van der Waals surface area contributed by atoms with Crippen LogP contribution in [0.1, 0.15) is 32.1 Å². The first-order valence-electron chi connectivity index (χ1n) is 15.4. The predicted octanol–water partition coefficient (Wildman–Crippen LogP) is 5.52. The highest BCUT2D eigenvalue weighted by Crippen LogP contribution is 2.43. The summed E-state index contributed by atoms with van der Waals surface area (Å²) in [6.45, 7) is 4.53. The second-order valence-corrected chi connectivity index (χ2v) is 12.8. The Kier molecular flexibility index (Phi) is 7.01. The first-order valence-corrected chi connectivity index (χ1v) is 15.8. The van der Waals surface area contributed by atoms with Crippen LogP contribution in [0.2, 0.25) is 5.02 Å². The maximum absolute atomic E-state index is 16.7. The van der Waals surface area contributed by atoms with E-state index in [0.29, 0.717) is 47.5 Å². The van der Waals surface area contributed by atoms with Gasteiger partial charge >= 0.3 is 6.01 Å². The number of hydrogen-bond donors (Lipinski definition) is 2. The average molecular weight is 604 g/mol. The van der Waals surface area contributed by atoms with Gasteiger partial charge in [-0.25, -0.2) is 4.39 Å². The normalized spacial score (nSPS) is 25.2. The Labute approximate surface area is 254 Å². The van der Waals surface area contributed by atoms with Crippen molar-refractivity contribution >= 4 is 39.1 Å². The van der Waals surface area contributed by atoms with E-state index < -0.39 is 5.82 Å². The van der Waals surface area contributed by atoms with E-state index in [-0.39, 0.29) is 27.9 Å². The van der Waals surface area contributed by atoms with Gasteiger partial charge in [0, 0.05) is 54.8 Å². The molecule has 4 aliphatic heterocycles. The van der Waals surface area contributed by atoms with Crippen molar-refractivity contribution in [1.82, 2.24) is 20.2 Å². The second-order valence-electron chi connectivity index (χ2n) is 12.4. The van der Waals surface area contributed by atoms with Crippen molar-refractivity contribution in [1.29, 1.82) is 0 Å². The molecule has 0 radical (unpaired) electrons. The smallest absolute Gasteiger partial charge is 0.319 e. The molecule has 0 aliphatic carbocycles. The van der Waals surface area contributed by atoms with E-state index in [1.807, 2.05) is 24.3 Å². The highest BCUT2D eigenvalue weighted by Gasteiger charge is 2.37. The molecule has 3 aromatic carbocycles. The molecule has 0 saturated carbocycles. The molecule has 1 aromatic heterocycles.